The summed E-state index contributed by atoms with van der Waals surface area (Å²) in [5, 5.41) is 5.84. The van der Waals surface area contributed by atoms with Gasteiger partial charge in [0, 0.05) is 38.6 Å². The first-order chi connectivity index (χ1) is 23.4. The maximum atomic E-state index is 6.73. The number of furan rings is 2. The Kier molecular flexibility index (Phi) is 4.85. The predicted molar refractivity (Wildman–Crippen MR) is 201 cm³/mol. The van der Waals surface area contributed by atoms with E-state index in [0.717, 1.165) is 44.3 Å². The van der Waals surface area contributed by atoms with Gasteiger partial charge >= 0.3 is 0 Å². The number of nitrogens with zero attached hydrogens (tertiary/aromatic N) is 2. The molecule has 0 radical (unpaired) electrons. The van der Waals surface area contributed by atoms with Crippen LogP contribution in [0.2, 0.25) is 0 Å². The second-order valence-corrected chi connectivity index (χ2v) is 14.6. The third-order valence-corrected chi connectivity index (χ3v) is 10.8. The molecule has 4 nitrogen and oxygen atoms in total. The monoisotopic (exact) mass is 618 g/mol. The Balaban J connectivity index is 1.31. The molecule has 48 heavy (non-hydrogen) atoms. The smallest absolute Gasteiger partial charge is 0.252 e. The number of rotatable bonds is 1. The summed E-state index contributed by atoms with van der Waals surface area (Å²) in [5.41, 5.74) is 15.9. The van der Waals surface area contributed by atoms with E-state index >= 15 is 0 Å². The number of fused-ring (bicyclic) bond motifs is 12. The van der Waals surface area contributed by atoms with Gasteiger partial charge in [0.1, 0.15) is 11.2 Å². The largest absolute Gasteiger partial charge is 0.454 e. The minimum absolute atomic E-state index is 0.0169. The van der Waals surface area contributed by atoms with Crippen LogP contribution in [0.15, 0.2) is 124 Å². The van der Waals surface area contributed by atoms with Crippen molar-refractivity contribution in [2.24, 2.45) is 0 Å². The molecule has 0 saturated heterocycles. The van der Waals surface area contributed by atoms with E-state index in [1.807, 2.05) is 6.07 Å². The van der Waals surface area contributed by atoms with E-state index in [0.29, 0.717) is 0 Å². The molecule has 0 unspecified atom stereocenters. The van der Waals surface area contributed by atoms with Gasteiger partial charge in [-0.15, -0.1) is 0 Å². The van der Waals surface area contributed by atoms with Gasteiger partial charge in [-0.2, -0.15) is 0 Å². The highest BCUT2D eigenvalue weighted by atomic mass is 16.3. The maximum Gasteiger partial charge on any atom is 0.252 e. The number of para-hydroxylation sites is 4. The van der Waals surface area contributed by atoms with Crippen LogP contribution in [0, 0.1) is 6.92 Å². The van der Waals surface area contributed by atoms with Gasteiger partial charge in [0.15, 0.2) is 5.58 Å². The molecule has 0 N–H and O–H groups in total. The van der Waals surface area contributed by atoms with Gasteiger partial charge in [0.25, 0.3) is 6.71 Å². The van der Waals surface area contributed by atoms with Crippen LogP contribution in [0.25, 0.3) is 60.6 Å². The number of hydrogen-bond donors (Lipinski definition) is 0. The summed E-state index contributed by atoms with van der Waals surface area (Å²) in [7, 11) is 0. The molecule has 0 bridgehead atoms. The van der Waals surface area contributed by atoms with E-state index in [9.17, 15) is 0 Å². The van der Waals surface area contributed by atoms with E-state index in [2.05, 4.69) is 146 Å². The Bertz CT molecular complexity index is 2860. The van der Waals surface area contributed by atoms with Gasteiger partial charge in [-0.1, -0.05) is 99.6 Å². The Morgan fingerprint density at radius 1 is 0.583 bits per heavy atom. The van der Waals surface area contributed by atoms with Crippen LogP contribution in [0.1, 0.15) is 31.9 Å². The maximum absolute atomic E-state index is 6.73. The molecule has 0 amide bonds. The summed E-state index contributed by atoms with van der Waals surface area (Å²) in [5.74, 6) is 0. The van der Waals surface area contributed by atoms with Crippen molar-refractivity contribution in [3.63, 3.8) is 0 Å². The number of anilines is 3. The van der Waals surface area contributed by atoms with Crippen molar-refractivity contribution in [2.75, 3.05) is 4.90 Å². The van der Waals surface area contributed by atoms with E-state index in [-0.39, 0.29) is 12.1 Å². The predicted octanol–water partition coefficient (Wildman–Crippen LogP) is 9.65. The summed E-state index contributed by atoms with van der Waals surface area (Å²) in [6.07, 6.45) is 0. The van der Waals surface area contributed by atoms with Crippen LogP contribution < -0.4 is 21.3 Å². The van der Waals surface area contributed by atoms with Gasteiger partial charge < -0.3 is 13.7 Å². The molecular formula is C43H31BN2O2. The minimum atomic E-state index is -0.0169. The van der Waals surface area contributed by atoms with Crippen LogP contribution in [0.5, 0.6) is 0 Å². The van der Waals surface area contributed by atoms with Crippen LogP contribution in [0.3, 0.4) is 0 Å². The Hall–Kier alpha value is -5.68. The SMILES string of the molecule is Cc1cc2c3c(c1)-n1c4oc5ccccc5c4c4cccc(c41)B3c1ccc(C(C)(C)C)cc1N2c1cccc2c1oc1ccccc12. The van der Waals surface area contributed by atoms with Crippen molar-refractivity contribution >= 4 is 95.1 Å². The second-order valence-electron chi connectivity index (χ2n) is 14.6. The van der Waals surface area contributed by atoms with Gasteiger partial charge in [-0.05, 0) is 76.3 Å². The molecule has 6 aromatic carbocycles. The van der Waals surface area contributed by atoms with Crippen LogP contribution in [-0.2, 0) is 5.41 Å². The molecule has 3 aromatic heterocycles. The molecule has 5 heteroatoms. The zero-order valence-corrected chi connectivity index (χ0v) is 27.3. The standard InChI is InChI=1S/C43H31BN2O2/c1-24-21-34-39-35(22-24)46-40-29(38-28-12-6-8-18-37(28)48-42(38)46)14-9-15-31(40)44(39)30-20-19-25(43(2,3)4)23-33(30)45(34)32-16-10-13-27-26-11-5-7-17-36(26)47-41(27)32/h5-23H,1-4H3. The molecule has 0 atom stereocenters. The first-order valence-corrected chi connectivity index (χ1v) is 16.8. The fourth-order valence-corrected chi connectivity index (χ4v) is 8.68. The topological polar surface area (TPSA) is 34.5 Å². The number of aromatic nitrogens is 1. The molecule has 228 valence electrons. The second kappa shape index (κ2) is 8.81. The average Bonchev–Trinajstić information content (AvgIpc) is 3.75. The first-order valence-electron chi connectivity index (χ1n) is 16.8. The molecular weight excluding hydrogens is 587 g/mol. The Morgan fingerprint density at radius 3 is 2.12 bits per heavy atom. The third kappa shape index (κ3) is 3.21. The van der Waals surface area contributed by atoms with Crippen molar-refractivity contribution in [1.29, 1.82) is 0 Å². The quantitative estimate of drug-likeness (QED) is 0.172. The van der Waals surface area contributed by atoms with Gasteiger partial charge in [-0.25, -0.2) is 0 Å². The molecule has 2 aliphatic heterocycles. The summed E-state index contributed by atoms with van der Waals surface area (Å²) in [4.78, 5) is 2.47. The summed E-state index contributed by atoms with van der Waals surface area (Å²) in [6, 6.07) is 42.0. The van der Waals surface area contributed by atoms with E-state index in [1.54, 1.807) is 0 Å². The number of aryl methyl sites for hydroxylation is 1. The van der Waals surface area contributed by atoms with E-state index in [4.69, 9.17) is 8.83 Å². The normalized spacial score (nSPS) is 13.8. The van der Waals surface area contributed by atoms with Crippen LogP contribution in [0.4, 0.5) is 17.1 Å². The van der Waals surface area contributed by atoms with Gasteiger partial charge in [-0.3, -0.25) is 4.57 Å². The lowest BCUT2D eigenvalue weighted by atomic mass is 9.33. The molecule has 0 saturated carbocycles. The van der Waals surface area contributed by atoms with Crippen LogP contribution >= 0.6 is 0 Å². The Morgan fingerprint density at radius 2 is 1.29 bits per heavy atom. The molecule has 0 spiro atoms. The molecule has 9 aromatic rings. The number of hydrogen-bond acceptors (Lipinski definition) is 3. The summed E-state index contributed by atoms with van der Waals surface area (Å²) < 4.78 is 15.8. The molecule has 0 fully saturated rings. The van der Waals surface area contributed by atoms with Crippen molar-refractivity contribution in [3.8, 4) is 5.69 Å². The zero-order valence-electron chi connectivity index (χ0n) is 27.3. The lowest BCUT2D eigenvalue weighted by Crippen LogP contribution is -2.60. The highest BCUT2D eigenvalue weighted by Gasteiger charge is 2.43. The minimum Gasteiger partial charge on any atom is -0.454 e. The fourth-order valence-electron chi connectivity index (χ4n) is 8.68. The van der Waals surface area contributed by atoms with Gasteiger partial charge in [0.05, 0.1) is 16.6 Å². The third-order valence-electron chi connectivity index (χ3n) is 10.8. The van der Waals surface area contributed by atoms with Gasteiger partial charge in [0.2, 0.25) is 5.71 Å². The summed E-state index contributed by atoms with van der Waals surface area (Å²) in [6.45, 7) is 9.17. The zero-order chi connectivity index (χ0) is 32.1. The molecule has 5 heterocycles. The van der Waals surface area contributed by atoms with Crippen LogP contribution in [-0.4, -0.2) is 11.3 Å². The first kappa shape index (κ1) is 26.4. The van der Waals surface area contributed by atoms with E-state index in [1.165, 1.54) is 60.9 Å². The highest BCUT2D eigenvalue weighted by molar-refractivity contribution is 7.00. The lowest BCUT2D eigenvalue weighted by Gasteiger charge is -2.41. The molecule has 11 rings (SSSR count). The van der Waals surface area contributed by atoms with Crippen molar-refractivity contribution in [1.82, 2.24) is 4.57 Å². The summed E-state index contributed by atoms with van der Waals surface area (Å²) >= 11 is 0. The van der Waals surface area contributed by atoms with Crippen molar-refractivity contribution < 1.29 is 8.83 Å². The Labute approximate surface area is 277 Å². The number of benzene rings is 6. The highest BCUT2D eigenvalue weighted by Crippen LogP contribution is 2.47. The molecule has 0 aliphatic carbocycles. The van der Waals surface area contributed by atoms with Crippen molar-refractivity contribution in [2.45, 2.75) is 33.1 Å². The molecule has 2 aliphatic rings. The lowest BCUT2D eigenvalue weighted by molar-refractivity contribution is 0.590. The fraction of sp³-hybridized carbons (Fsp3) is 0.116. The van der Waals surface area contributed by atoms with Crippen molar-refractivity contribution in [3.05, 3.63) is 126 Å². The average molecular weight is 619 g/mol. The van der Waals surface area contributed by atoms with E-state index < -0.39 is 0 Å².